The van der Waals surface area contributed by atoms with Gasteiger partial charge >= 0.3 is 11.9 Å². The number of hydrogen-bond acceptors (Lipinski definition) is 8. The number of esters is 1. The molecule has 0 aliphatic rings. The molecule has 22 heavy (non-hydrogen) atoms. The Morgan fingerprint density at radius 2 is 1.09 bits per heavy atom. The van der Waals surface area contributed by atoms with Crippen LogP contribution in [-0.4, -0.2) is 88.2 Å². The molecule has 0 radical (unpaired) electrons. The third-order valence-electron chi connectivity index (χ3n) is 2.14. The van der Waals surface area contributed by atoms with Crippen LogP contribution in [-0.2, 0) is 33.3 Å². The summed E-state index contributed by atoms with van der Waals surface area (Å²) in [6, 6.07) is 0. The van der Waals surface area contributed by atoms with Crippen molar-refractivity contribution in [2.45, 2.75) is 6.42 Å². The number of hydrogen-bond donors (Lipinski definition) is 2. The molecule has 0 saturated heterocycles. The lowest BCUT2D eigenvalue weighted by Crippen LogP contribution is -2.16. The number of aliphatic carboxylic acids is 1. The van der Waals surface area contributed by atoms with E-state index in [1.807, 2.05) is 0 Å². The second-order valence-corrected chi connectivity index (χ2v) is 3.96. The number of carbonyl (C=O) groups is 2. The van der Waals surface area contributed by atoms with Crippen LogP contribution in [0.4, 0.5) is 0 Å². The van der Waals surface area contributed by atoms with Crippen molar-refractivity contribution in [2.75, 3.05) is 66.1 Å². The van der Waals surface area contributed by atoms with Crippen molar-refractivity contribution in [1.82, 2.24) is 0 Å². The molecule has 0 rings (SSSR count). The third kappa shape index (κ3) is 16.8. The number of aliphatic hydroxyl groups is 1. The van der Waals surface area contributed by atoms with Gasteiger partial charge in [-0.05, 0) is 0 Å². The molecule has 0 aliphatic carbocycles. The molecule has 130 valence electrons. The summed E-state index contributed by atoms with van der Waals surface area (Å²) < 4.78 is 25.2. The van der Waals surface area contributed by atoms with E-state index in [1.165, 1.54) is 0 Å². The number of aliphatic hydroxyl groups excluding tert-OH is 1. The summed E-state index contributed by atoms with van der Waals surface area (Å²) in [6.07, 6.45) is -0.645. The van der Waals surface area contributed by atoms with Gasteiger partial charge in [-0.2, -0.15) is 0 Å². The first kappa shape index (κ1) is 20.7. The second kappa shape index (κ2) is 16.1. The second-order valence-electron chi connectivity index (χ2n) is 3.96. The van der Waals surface area contributed by atoms with Gasteiger partial charge in [-0.25, -0.2) is 0 Å². The molecule has 0 atom stereocenters. The Labute approximate surface area is 129 Å². The predicted molar refractivity (Wildman–Crippen MR) is 73.6 cm³/mol. The Balaban J connectivity index is 3.08. The summed E-state index contributed by atoms with van der Waals surface area (Å²) in [5, 5.41) is 16.8. The van der Waals surface area contributed by atoms with Crippen molar-refractivity contribution >= 4 is 11.9 Å². The average Bonchev–Trinajstić information content (AvgIpc) is 2.47. The number of carboxylic acids is 1. The lowest BCUT2D eigenvalue weighted by atomic mass is 10.4. The van der Waals surface area contributed by atoms with E-state index in [9.17, 15) is 9.59 Å². The standard InChI is InChI=1S/C13H24O9/c14-1-2-18-3-4-19-5-6-20-7-8-21-9-10-22-13(17)11-12(15)16/h14H,1-11H2,(H,15,16). The summed E-state index contributed by atoms with van der Waals surface area (Å²) in [7, 11) is 0. The first-order valence-electron chi connectivity index (χ1n) is 6.96. The van der Waals surface area contributed by atoms with Gasteiger partial charge in [0.15, 0.2) is 0 Å². The van der Waals surface area contributed by atoms with Crippen LogP contribution in [0.25, 0.3) is 0 Å². The van der Waals surface area contributed by atoms with Gasteiger partial charge in [0.05, 0.1) is 59.5 Å². The van der Waals surface area contributed by atoms with Crippen LogP contribution in [0.15, 0.2) is 0 Å². The lowest BCUT2D eigenvalue weighted by molar-refractivity contribution is -0.152. The van der Waals surface area contributed by atoms with E-state index in [0.717, 1.165) is 0 Å². The van der Waals surface area contributed by atoms with Crippen LogP contribution in [0.2, 0.25) is 0 Å². The van der Waals surface area contributed by atoms with Gasteiger partial charge in [0.2, 0.25) is 0 Å². The molecular weight excluding hydrogens is 300 g/mol. The number of ether oxygens (including phenoxy) is 5. The quantitative estimate of drug-likeness (QED) is 0.210. The zero-order chi connectivity index (χ0) is 16.5. The van der Waals surface area contributed by atoms with Crippen LogP contribution in [0.3, 0.4) is 0 Å². The van der Waals surface area contributed by atoms with Crippen LogP contribution in [0.5, 0.6) is 0 Å². The van der Waals surface area contributed by atoms with Crippen molar-refractivity contribution in [3.8, 4) is 0 Å². The zero-order valence-electron chi connectivity index (χ0n) is 12.5. The van der Waals surface area contributed by atoms with Crippen molar-refractivity contribution in [2.24, 2.45) is 0 Å². The Morgan fingerprint density at radius 3 is 1.50 bits per heavy atom. The summed E-state index contributed by atoms with van der Waals surface area (Å²) in [6.45, 7) is 2.99. The maximum atomic E-state index is 10.9. The number of carbonyl (C=O) groups excluding carboxylic acids is 1. The van der Waals surface area contributed by atoms with Gasteiger partial charge in [-0.1, -0.05) is 0 Å². The molecule has 0 aromatic heterocycles. The van der Waals surface area contributed by atoms with Crippen LogP contribution in [0, 0.1) is 0 Å². The largest absolute Gasteiger partial charge is 0.481 e. The molecule has 0 heterocycles. The highest BCUT2D eigenvalue weighted by atomic mass is 16.6. The van der Waals surface area contributed by atoms with Gasteiger partial charge < -0.3 is 33.9 Å². The van der Waals surface area contributed by atoms with Crippen molar-refractivity contribution in [1.29, 1.82) is 0 Å². The minimum absolute atomic E-state index is 0.00186. The molecule has 0 spiro atoms. The van der Waals surface area contributed by atoms with Gasteiger partial charge in [0, 0.05) is 0 Å². The van der Waals surface area contributed by atoms with Crippen molar-refractivity contribution < 1.29 is 43.5 Å². The Hall–Kier alpha value is -1.26. The summed E-state index contributed by atoms with van der Waals surface area (Å²) in [4.78, 5) is 21.0. The third-order valence-corrected chi connectivity index (χ3v) is 2.14. The lowest BCUT2D eigenvalue weighted by Gasteiger charge is -2.07. The highest BCUT2D eigenvalue weighted by Gasteiger charge is 2.07. The van der Waals surface area contributed by atoms with Crippen molar-refractivity contribution in [3.63, 3.8) is 0 Å². The highest BCUT2D eigenvalue weighted by Crippen LogP contribution is 1.87. The number of carboxylic acid groups (broad SMARTS) is 1. The Kier molecular flexibility index (Phi) is 15.2. The molecule has 9 heteroatoms. The molecule has 0 amide bonds. The predicted octanol–water partition coefficient (Wildman–Crippen LogP) is -0.937. The van der Waals surface area contributed by atoms with Gasteiger partial charge in [0.1, 0.15) is 13.0 Å². The fourth-order valence-corrected chi connectivity index (χ4v) is 1.22. The van der Waals surface area contributed by atoms with Crippen LogP contribution in [0.1, 0.15) is 6.42 Å². The SMILES string of the molecule is O=C(O)CC(=O)OCCOCCOCCOCCOCCO. The van der Waals surface area contributed by atoms with E-state index in [1.54, 1.807) is 0 Å². The maximum absolute atomic E-state index is 10.9. The maximum Gasteiger partial charge on any atom is 0.317 e. The molecule has 2 N–H and O–H groups in total. The molecule has 9 nitrogen and oxygen atoms in total. The van der Waals surface area contributed by atoms with E-state index in [4.69, 9.17) is 29.2 Å². The first-order chi connectivity index (χ1) is 10.7. The monoisotopic (exact) mass is 324 g/mol. The Bertz CT molecular complexity index is 283. The molecule has 0 fully saturated rings. The molecular formula is C13H24O9. The fourth-order valence-electron chi connectivity index (χ4n) is 1.22. The van der Waals surface area contributed by atoms with E-state index in [-0.39, 0.29) is 19.8 Å². The van der Waals surface area contributed by atoms with Crippen LogP contribution < -0.4 is 0 Å². The first-order valence-corrected chi connectivity index (χ1v) is 6.96. The van der Waals surface area contributed by atoms with Crippen LogP contribution >= 0.6 is 0 Å². The van der Waals surface area contributed by atoms with Gasteiger partial charge in [-0.3, -0.25) is 9.59 Å². The summed E-state index contributed by atoms with van der Waals surface area (Å²) >= 11 is 0. The molecule has 0 aromatic carbocycles. The molecule has 0 saturated carbocycles. The Morgan fingerprint density at radius 1 is 0.682 bits per heavy atom. The number of rotatable bonds is 16. The minimum Gasteiger partial charge on any atom is -0.481 e. The molecule has 0 aromatic rings. The summed E-state index contributed by atoms with van der Waals surface area (Å²) in [5.74, 6) is -2.01. The molecule has 0 bridgehead atoms. The smallest absolute Gasteiger partial charge is 0.317 e. The van der Waals surface area contributed by atoms with Crippen molar-refractivity contribution in [3.05, 3.63) is 0 Å². The van der Waals surface area contributed by atoms with E-state index in [2.05, 4.69) is 4.74 Å². The minimum atomic E-state index is -1.22. The fraction of sp³-hybridized carbons (Fsp3) is 0.846. The molecule has 0 unspecified atom stereocenters. The zero-order valence-corrected chi connectivity index (χ0v) is 12.5. The van der Waals surface area contributed by atoms with Gasteiger partial charge in [0.25, 0.3) is 0 Å². The van der Waals surface area contributed by atoms with E-state index in [0.29, 0.717) is 46.2 Å². The topological polar surface area (TPSA) is 121 Å². The van der Waals surface area contributed by atoms with E-state index < -0.39 is 18.4 Å². The van der Waals surface area contributed by atoms with Gasteiger partial charge in [-0.15, -0.1) is 0 Å². The normalized spacial score (nSPS) is 10.6. The summed E-state index contributed by atoms with van der Waals surface area (Å²) in [5.41, 5.74) is 0. The van der Waals surface area contributed by atoms with E-state index >= 15 is 0 Å². The molecule has 0 aliphatic heterocycles. The average molecular weight is 324 g/mol. The highest BCUT2D eigenvalue weighted by molar-refractivity contribution is 5.90.